The second-order valence-electron chi connectivity index (χ2n) is 21.6. The first kappa shape index (κ1) is 36.5. The van der Waals surface area contributed by atoms with Crippen molar-refractivity contribution >= 4 is 67.7 Å². The third kappa shape index (κ3) is 4.08. The van der Waals surface area contributed by atoms with E-state index in [2.05, 4.69) is 202 Å². The van der Waals surface area contributed by atoms with Gasteiger partial charge in [0, 0.05) is 55.6 Å². The maximum absolute atomic E-state index is 2.89. The molecule has 0 saturated heterocycles. The summed E-state index contributed by atoms with van der Waals surface area (Å²) >= 11 is 0. The third-order valence-electron chi connectivity index (χ3n) is 18.0. The lowest BCUT2D eigenvalue weighted by atomic mass is 9.33. The van der Waals surface area contributed by atoms with Crippen molar-refractivity contribution in [3.8, 4) is 5.69 Å². The molecule has 4 aliphatic heterocycles. The van der Waals surface area contributed by atoms with E-state index in [9.17, 15) is 0 Å². The molecular formula is C59H54BN3. The highest BCUT2D eigenvalue weighted by molar-refractivity contribution is 7.00. The predicted octanol–water partition coefficient (Wildman–Crippen LogP) is 12.3. The molecule has 1 aromatic heterocycles. The van der Waals surface area contributed by atoms with Gasteiger partial charge < -0.3 is 14.4 Å². The van der Waals surface area contributed by atoms with Gasteiger partial charge in [-0.2, -0.15) is 0 Å². The van der Waals surface area contributed by atoms with Gasteiger partial charge in [-0.1, -0.05) is 162 Å². The van der Waals surface area contributed by atoms with Crippen LogP contribution in [0.15, 0.2) is 146 Å². The van der Waals surface area contributed by atoms with Crippen LogP contribution in [0.4, 0.5) is 22.7 Å². The zero-order valence-electron chi connectivity index (χ0n) is 37.5. The number of fused-ring (bicyclic) bond motifs is 15. The molecule has 7 aromatic carbocycles. The van der Waals surface area contributed by atoms with Crippen molar-refractivity contribution in [2.45, 2.75) is 107 Å². The normalized spacial score (nSPS) is 25.7. The van der Waals surface area contributed by atoms with Crippen molar-refractivity contribution in [2.75, 3.05) is 9.80 Å². The summed E-state index contributed by atoms with van der Waals surface area (Å²) in [5.74, 6) is 0. The molecule has 4 unspecified atom stereocenters. The first-order valence-corrected chi connectivity index (χ1v) is 23.7. The van der Waals surface area contributed by atoms with Crippen molar-refractivity contribution in [2.24, 2.45) is 0 Å². The van der Waals surface area contributed by atoms with Gasteiger partial charge >= 0.3 is 0 Å². The summed E-state index contributed by atoms with van der Waals surface area (Å²) in [5.41, 5.74) is 21.9. The van der Waals surface area contributed by atoms with E-state index in [1.165, 1.54) is 113 Å². The van der Waals surface area contributed by atoms with Crippen LogP contribution in [0.2, 0.25) is 0 Å². The molecular weight excluding hydrogens is 761 g/mol. The van der Waals surface area contributed by atoms with Gasteiger partial charge in [0.25, 0.3) is 6.71 Å². The van der Waals surface area contributed by atoms with Gasteiger partial charge in [-0.25, -0.2) is 0 Å². The number of benzene rings is 7. The molecule has 1 saturated carbocycles. The van der Waals surface area contributed by atoms with Crippen molar-refractivity contribution < 1.29 is 0 Å². The second-order valence-corrected chi connectivity index (χ2v) is 21.6. The zero-order chi connectivity index (χ0) is 42.4. The fourth-order valence-corrected chi connectivity index (χ4v) is 15.0. The molecule has 308 valence electrons. The molecule has 4 heteroatoms. The minimum atomic E-state index is -0.296. The molecule has 3 nitrogen and oxygen atoms in total. The van der Waals surface area contributed by atoms with Gasteiger partial charge in [0.1, 0.15) is 0 Å². The molecule has 0 N–H and O–H groups in total. The highest BCUT2D eigenvalue weighted by atomic mass is 15.3. The van der Waals surface area contributed by atoms with E-state index in [1.807, 2.05) is 0 Å². The van der Waals surface area contributed by atoms with Crippen molar-refractivity contribution in [3.63, 3.8) is 0 Å². The molecule has 0 radical (unpaired) electrons. The van der Waals surface area contributed by atoms with Gasteiger partial charge in [0.05, 0.1) is 16.6 Å². The lowest BCUT2D eigenvalue weighted by Gasteiger charge is -2.54. The smallest absolute Gasteiger partial charge is 0.252 e. The standard InChI is InChI=1S/C59H54BN3/c1-55(2,3)39-28-29-49-45(34-39)59(38-19-8-7-9-20-38)32-15-14-31-57(59,5)62(49)40-35-50-52-51(36-40)63-54-44(56(4)33-30-37-18-10-12-23-43(37)58(56,63)6)24-17-26-47(54)60(52)46-25-16-22-42-41-21-11-13-27-48(41)61(50)53(42)46/h7-13,16-29,34-36H,14-15,30-33H2,1-6H3. The van der Waals surface area contributed by atoms with E-state index >= 15 is 0 Å². The Morgan fingerprint density at radius 3 is 2.14 bits per heavy atom. The van der Waals surface area contributed by atoms with Crippen LogP contribution in [-0.4, -0.2) is 16.8 Å². The minimum absolute atomic E-state index is 0.0316. The SMILES string of the molecule is CC(C)(C)c1ccc2c(c1)C1(c3ccccc3)CCCCC1(C)N2c1cc2c3c(c1)-n1c4ccccc4c4cccc(c41)B3c1cccc3c1N2C1(C)c2ccccc2CCC31C. The Labute approximate surface area is 372 Å². The molecule has 5 heterocycles. The Bertz CT molecular complexity index is 3320. The van der Waals surface area contributed by atoms with E-state index in [4.69, 9.17) is 0 Å². The second kappa shape index (κ2) is 11.8. The Morgan fingerprint density at radius 1 is 0.571 bits per heavy atom. The molecule has 1 fully saturated rings. The average Bonchev–Trinajstić information content (AvgIpc) is 3.84. The fraction of sp³-hybridized carbons (Fsp3) is 0.288. The highest BCUT2D eigenvalue weighted by Gasteiger charge is 2.64. The van der Waals surface area contributed by atoms with Crippen LogP contribution in [-0.2, 0) is 28.2 Å². The van der Waals surface area contributed by atoms with Crippen LogP contribution < -0.4 is 26.2 Å². The first-order chi connectivity index (χ1) is 30.5. The van der Waals surface area contributed by atoms with Crippen LogP contribution in [0.3, 0.4) is 0 Å². The summed E-state index contributed by atoms with van der Waals surface area (Å²) in [4.78, 5) is 5.75. The van der Waals surface area contributed by atoms with Crippen LogP contribution >= 0.6 is 0 Å². The van der Waals surface area contributed by atoms with E-state index in [0.29, 0.717) is 0 Å². The van der Waals surface area contributed by atoms with Gasteiger partial charge in [0.2, 0.25) is 0 Å². The van der Waals surface area contributed by atoms with Crippen LogP contribution in [0, 0.1) is 0 Å². The maximum atomic E-state index is 2.89. The number of aryl methyl sites for hydroxylation is 1. The van der Waals surface area contributed by atoms with Gasteiger partial charge in [-0.3, -0.25) is 0 Å². The number of anilines is 4. The Kier molecular flexibility index (Phi) is 6.81. The summed E-state index contributed by atoms with van der Waals surface area (Å²) in [7, 11) is 0. The van der Waals surface area contributed by atoms with Crippen molar-refractivity contribution in [1.82, 2.24) is 4.57 Å². The number of nitrogens with zero attached hydrogens (tertiary/aromatic N) is 3. The van der Waals surface area contributed by atoms with Crippen LogP contribution in [0.5, 0.6) is 0 Å². The summed E-state index contributed by atoms with van der Waals surface area (Å²) < 4.78 is 2.67. The fourth-order valence-electron chi connectivity index (χ4n) is 15.0. The van der Waals surface area contributed by atoms with E-state index < -0.39 is 0 Å². The number of hydrogen-bond acceptors (Lipinski definition) is 2. The third-order valence-corrected chi connectivity index (χ3v) is 18.0. The van der Waals surface area contributed by atoms with Gasteiger partial charge in [0.15, 0.2) is 0 Å². The van der Waals surface area contributed by atoms with E-state index in [0.717, 1.165) is 25.7 Å². The number of aromatic nitrogens is 1. The Morgan fingerprint density at radius 2 is 1.29 bits per heavy atom. The quantitative estimate of drug-likeness (QED) is 0.161. The van der Waals surface area contributed by atoms with Crippen molar-refractivity contribution in [3.05, 3.63) is 179 Å². The predicted molar refractivity (Wildman–Crippen MR) is 265 cm³/mol. The number of para-hydroxylation sites is 3. The van der Waals surface area contributed by atoms with E-state index in [1.54, 1.807) is 0 Å². The Hall–Kier alpha value is -6.00. The Balaban J connectivity index is 1.14. The summed E-state index contributed by atoms with van der Waals surface area (Å²) in [5, 5.41) is 2.68. The summed E-state index contributed by atoms with van der Waals surface area (Å²) in [6, 6.07) is 57.6. The molecule has 0 amide bonds. The lowest BCUT2D eigenvalue weighted by Crippen LogP contribution is -2.63. The summed E-state index contributed by atoms with van der Waals surface area (Å²) in [6.45, 7) is 15.1. The molecule has 63 heavy (non-hydrogen) atoms. The zero-order valence-corrected chi connectivity index (χ0v) is 37.5. The van der Waals surface area contributed by atoms with E-state index in [-0.39, 0.29) is 34.0 Å². The van der Waals surface area contributed by atoms with Crippen LogP contribution in [0.25, 0.3) is 27.5 Å². The monoisotopic (exact) mass is 815 g/mol. The largest absolute Gasteiger partial charge is 0.334 e. The molecule has 2 aliphatic carbocycles. The molecule has 0 bridgehead atoms. The highest BCUT2D eigenvalue weighted by Crippen LogP contribution is 2.67. The summed E-state index contributed by atoms with van der Waals surface area (Å²) in [6.07, 6.45) is 6.91. The maximum Gasteiger partial charge on any atom is 0.252 e. The molecule has 14 rings (SSSR count). The minimum Gasteiger partial charge on any atom is -0.334 e. The number of hydrogen-bond donors (Lipinski definition) is 0. The van der Waals surface area contributed by atoms with Gasteiger partial charge in [-0.05, 0) is 119 Å². The molecule has 0 spiro atoms. The van der Waals surface area contributed by atoms with Gasteiger partial charge in [-0.15, -0.1) is 0 Å². The molecule has 8 aromatic rings. The molecule has 4 atom stereocenters. The first-order valence-electron chi connectivity index (χ1n) is 23.7. The van der Waals surface area contributed by atoms with Crippen LogP contribution in [0.1, 0.15) is 107 Å². The molecule has 6 aliphatic rings. The lowest BCUT2D eigenvalue weighted by molar-refractivity contribution is 0.215. The average molecular weight is 816 g/mol. The topological polar surface area (TPSA) is 11.4 Å². The van der Waals surface area contributed by atoms with Crippen molar-refractivity contribution in [1.29, 1.82) is 0 Å². The number of rotatable bonds is 2.